The van der Waals surface area contributed by atoms with E-state index in [-0.39, 0.29) is 60.5 Å². The molecule has 1 aliphatic heterocycles. The van der Waals surface area contributed by atoms with Crippen molar-refractivity contribution >= 4 is 27.6 Å². The molecule has 1 heterocycles. The molecule has 0 aromatic heterocycles. The molecule has 2 aliphatic rings. The lowest BCUT2D eigenvalue weighted by molar-refractivity contribution is -0.0123. The molecule has 3 amide bonds. The highest BCUT2D eigenvalue weighted by molar-refractivity contribution is 7.92. The van der Waals surface area contributed by atoms with E-state index >= 15 is 0 Å². The van der Waals surface area contributed by atoms with Crippen molar-refractivity contribution in [1.29, 1.82) is 0 Å². The van der Waals surface area contributed by atoms with Gasteiger partial charge in [0.1, 0.15) is 5.75 Å². The second kappa shape index (κ2) is 15.8. The number of urea groups is 1. The number of nitrogens with one attached hydrogen (secondary N) is 2. The normalized spacial score (nSPS) is 24.1. The van der Waals surface area contributed by atoms with E-state index < -0.39 is 16.1 Å². The summed E-state index contributed by atoms with van der Waals surface area (Å²) in [5.74, 6) is -0.211. The summed E-state index contributed by atoms with van der Waals surface area (Å²) in [6.45, 7) is 6.53. The second-order valence-corrected chi connectivity index (χ2v) is 13.8. The number of hydrogen-bond donors (Lipinski definition) is 3. The summed E-state index contributed by atoms with van der Waals surface area (Å²) in [6, 6.07) is 4.21. The van der Waals surface area contributed by atoms with Crippen LogP contribution in [0.5, 0.6) is 5.75 Å². The molecule has 0 radical (unpaired) electrons. The van der Waals surface area contributed by atoms with E-state index in [0.29, 0.717) is 18.9 Å². The fourth-order valence-electron chi connectivity index (χ4n) is 5.55. The number of hydrogen-bond acceptors (Lipinski definition) is 7. The van der Waals surface area contributed by atoms with Gasteiger partial charge in [-0.15, -0.1) is 0 Å². The van der Waals surface area contributed by atoms with Crippen LogP contribution in [-0.4, -0.2) is 99.2 Å². The Balaban J connectivity index is 1.88. The number of aliphatic hydroxyl groups is 1. The maximum absolute atomic E-state index is 14.1. The average Bonchev–Trinajstić information content (AvgIpc) is 2.94. The number of nitrogens with zero attached hydrogens (tertiary/aromatic N) is 2. The zero-order chi connectivity index (χ0) is 30.9. The van der Waals surface area contributed by atoms with Gasteiger partial charge in [0.15, 0.2) is 0 Å². The Hall–Kier alpha value is -2.57. The maximum Gasteiger partial charge on any atom is 0.317 e. The molecule has 4 atom stereocenters. The lowest BCUT2D eigenvalue weighted by atomic mass is 9.96. The number of ether oxygens (including phenoxy) is 2. The Labute approximate surface area is 251 Å². The predicted octanol–water partition coefficient (Wildman–Crippen LogP) is 3.83. The Morgan fingerprint density at radius 2 is 1.83 bits per heavy atom. The molecule has 0 unspecified atom stereocenters. The van der Waals surface area contributed by atoms with Crippen LogP contribution >= 0.6 is 0 Å². The molecule has 11 nitrogen and oxygen atoms in total. The van der Waals surface area contributed by atoms with Crippen molar-refractivity contribution in [3.05, 3.63) is 23.8 Å². The molecule has 0 saturated heterocycles. The fraction of sp³-hybridized carbons (Fsp3) is 0.733. The molecule has 1 saturated carbocycles. The van der Waals surface area contributed by atoms with Crippen molar-refractivity contribution in [3.8, 4) is 5.75 Å². The molecule has 0 bridgehead atoms. The van der Waals surface area contributed by atoms with Crippen molar-refractivity contribution < 1.29 is 32.6 Å². The van der Waals surface area contributed by atoms with Crippen LogP contribution in [0.2, 0.25) is 0 Å². The fourth-order valence-corrected chi connectivity index (χ4v) is 6.10. The van der Waals surface area contributed by atoms with Gasteiger partial charge < -0.3 is 29.7 Å². The predicted molar refractivity (Wildman–Crippen MR) is 163 cm³/mol. The minimum Gasteiger partial charge on any atom is -0.490 e. The molecule has 238 valence electrons. The number of sulfonamides is 1. The van der Waals surface area contributed by atoms with Gasteiger partial charge in [-0.25, -0.2) is 13.2 Å². The van der Waals surface area contributed by atoms with Crippen LogP contribution in [0.15, 0.2) is 18.2 Å². The number of carbonyl (C=O) groups is 2. The van der Waals surface area contributed by atoms with Crippen molar-refractivity contribution in [2.45, 2.75) is 96.4 Å². The lowest BCUT2D eigenvalue weighted by Gasteiger charge is -2.36. The monoisotopic (exact) mass is 610 g/mol. The largest absolute Gasteiger partial charge is 0.490 e. The van der Waals surface area contributed by atoms with Gasteiger partial charge in [0, 0.05) is 44.4 Å². The van der Waals surface area contributed by atoms with Crippen LogP contribution in [0.3, 0.4) is 0 Å². The highest BCUT2D eigenvalue weighted by atomic mass is 32.2. The standard InChI is InChI=1S/C30H50N4O7S/c1-21-18-34(22(2)20-35)29(36)26-17-25(32-42(5,38)39)14-15-27(26)41-23(3)11-9-10-16-40-28(21)19-33(4)30(37)31-24-12-7-6-8-13-24/h14-15,17,21-24,28,32,35H,6-13,16,18-20H2,1-5H3,(H,31,37)/t21-,22+,23-,28-/m1/s1. The van der Waals surface area contributed by atoms with Gasteiger partial charge >= 0.3 is 6.03 Å². The van der Waals surface area contributed by atoms with Crippen molar-refractivity contribution in [2.75, 3.05) is 44.3 Å². The zero-order valence-corrected chi connectivity index (χ0v) is 26.6. The van der Waals surface area contributed by atoms with E-state index in [4.69, 9.17) is 9.47 Å². The first kappa shape index (κ1) is 33.9. The van der Waals surface area contributed by atoms with E-state index in [1.807, 2.05) is 13.8 Å². The summed E-state index contributed by atoms with van der Waals surface area (Å²) in [5, 5.41) is 13.2. The van der Waals surface area contributed by atoms with Crippen molar-refractivity contribution in [3.63, 3.8) is 0 Å². The highest BCUT2D eigenvalue weighted by Crippen LogP contribution is 2.29. The van der Waals surface area contributed by atoms with Crippen LogP contribution in [0.1, 0.15) is 82.5 Å². The first-order chi connectivity index (χ1) is 19.9. The number of likely N-dealkylation sites (N-methyl/N-ethyl adjacent to an activating group) is 1. The lowest BCUT2D eigenvalue weighted by Crippen LogP contribution is -2.50. The van der Waals surface area contributed by atoms with E-state index in [0.717, 1.165) is 51.2 Å². The molecule has 0 spiro atoms. The molecule has 3 N–H and O–H groups in total. The quantitative estimate of drug-likeness (QED) is 0.427. The van der Waals surface area contributed by atoms with E-state index in [1.54, 1.807) is 35.9 Å². The van der Waals surface area contributed by atoms with E-state index in [9.17, 15) is 23.1 Å². The van der Waals surface area contributed by atoms with Gasteiger partial charge in [-0.2, -0.15) is 0 Å². The van der Waals surface area contributed by atoms with Crippen LogP contribution in [0.25, 0.3) is 0 Å². The van der Waals surface area contributed by atoms with E-state index in [1.165, 1.54) is 12.5 Å². The summed E-state index contributed by atoms with van der Waals surface area (Å²) in [7, 11) is -1.80. The number of fused-ring (bicyclic) bond motifs is 1. The molecule has 42 heavy (non-hydrogen) atoms. The topological polar surface area (TPSA) is 138 Å². The minimum absolute atomic E-state index is 0.125. The number of benzene rings is 1. The summed E-state index contributed by atoms with van der Waals surface area (Å²) in [5.41, 5.74) is 0.458. The molecule has 1 fully saturated rings. The first-order valence-electron chi connectivity index (χ1n) is 15.2. The third-order valence-electron chi connectivity index (χ3n) is 8.09. The molecule has 1 aromatic carbocycles. The maximum atomic E-state index is 14.1. The molecule has 12 heteroatoms. The Kier molecular flexibility index (Phi) is 12.7. The van der Waals surface area contributed by atoms with Gasteiger partial charge in [-0.05, 0) is 64.2 Å². The Bertz CT molecular complexity index is 1140. The molecule has 3 rings (SSSR count). The number of carbonyl (C=O) groups excluding carboxylic acids is 2. The Morgan fingerprint density at radius 1 is 1.14 bits per heavy atom. The van der Waals surface area contributed by atoms with Crippen LogP contribution in [-0.2, 0) is 14.8 Å². The molecular weight excluding hydrogens is 560 g/mol. The molecule has 1 aromatic rings. The molecular formula is C30H50N4O7S. The van der Waals surface area contributed by atoms with Crippen molar-refractivity contribution in [2.24, 2.45) is 5.92 Å². The number of rotatable bonds is 7. The third kappa shape index (κ3) is 10.3. The highest BCUT2D eigenvalue weighted by Gasteiger charge is 2.31. The van der Waals surface area contributed by atoms with Gasteiger partial charge in [-0.1, -0.05) is 26.2 Å². The minimum atomic E-state index is -3.57. The summed E-state index contributed by atoms with van der Waals surface area (Å²) >= 11 is 0. The van der Waals surface area contributed by atoms with Gasteiger partial charge in [0.2, 0.25) is 10.0 Å². The van der Waals surface area contributed by atoms with Crippen LogP contribution in [0.4, 0.5) is 10.5 Å². The summed E-state index contributed by atoms with van der Waals surface area (Å²) < 4.78 is 38.8. The first-order valence-corrected chi connectivity index (χ1v) is 17.1. The molecule has 1 aliphatic carbocycles. The SMILES string of the molecule is C[C@@H]1CCCCO[C@H](CN(C)C(=O)NC2CCCCC2)[C@H](C)CN([C@@H](C)CO)C(=O)c2cc(NS(C)(=O)=O)ccc2O1. The second-order valence-electron chi connectivity index (χ2n) is 12.0. The van der Waals surface area contributed by atoms with Gasteiger partial charge in [-0.3, -0.25) is 9.52 Å². The zero-order valence-electron chi connectivity index (χ0n) is 25.8. The summed E-state index contributed by atoms with van der Waals surface area (Å²) in [4.78, 5) is 30.3. The van der Waals surface area contributed by atoms with Crippen molar-refractivity contribution in [1.82, 2.24) is 15.1 Å². The third-order valence-corrected chi connectivity index (χ3v) is 8.69. The van der Waals surface area contributed by atoms with Gasteiger partial charge in [0.25, 0.3) is 5.91 Å². The van der Waals surface area contributed by atoms with Crippen LogP contribution < -0.4 is 14.8 Å². The number of anilines is 1. The smallest absolute Gasteiger partial charge is 0.317 e. The van der Waals surface area contributed by atoms with E-state index in [2.05, 4.69) is 10.0 Å². The van der Waals surface area contributed by atoms with Gasteiger partial charge in [0.05, 0.1) is 36.7 Å². The Morgan fingerprint density at radius 3 is 2.50 bits per heavy atom. The number of amides is 3. The average molecular weight is 611 g/mol. The summed E-state index contributed by atoms with van der Waals surface area (Å²) in [6.07, 6.45) is 8.38. The number of aliphatic hydroxyl groups excluding tert-OH is 1. The van der Waals surface area contributed by atoms with Crippen LogP contribution in [0, 0.1) is 5.92 Å².